The predicted molar refractivity (Wildman–Crippen MR) is 136 cm³/mol. The Morgan fingerprint density at radius 3 is 2.61 bits per heavy atom. The van der Waals surface area contributed by atoms with Crippen LogP contribution in [0.1, 0.15) is 36.2 Å². The second kappa shape index (κ2) is 12.4. The third-order valence-corrected chi connectivity index (χ3v) is 5.19. The number of hydrogen-bond acceptors (Lipinski definition) is 8. The van der Waals surface area contributed by atoms with Crippen molar-refractivity contribution in [2.24, 2.45) is 4.99 Å². The first-order valence-corrected chi connectivity index (χ1v) is 11.6. The van der Waals surface area contributed by atoms with Crippen LogP contribution in [-0.4, -0.2) is 61.4 Å². The number of aliphatic imine (C=N–C) groups is 1. The molecular formula is C25H31N5O6. The average molecular weight is 498 g/mol. The summed E-state index contributed by atoms with van der Waals surface area (Å²) in [7, 11) is 1.44. The second-order valence-electron chi connectivity index (χ2n) is 8.39. The van der Waals surface area contributed by atoms with Crippen LogP contribution < -0.4 is 26.0 Å². The molecule has 192 valence electrons. The number of carboxylic acid groups (broad SMARTS) is 1. The summed E-state index contributed by atoms with van der Waals surface area (Å²) in [4.78, 5) is 40.8. The van der Waals surface area contributed by atoms with E-state index in [1.54, 1.807) is 50.2 Å². The van der Waals surface area contributed by atoms with E-state index in [0.29, 0.717) is 28.5 Å². The number of rotatable bonds is 9. The summed E-state index contributed by atoms with van der Waals surface area (Å²) in [5, 5.41) is 21.0. The molecule has 0 bridgehead atoms. The number of carbonyl (C=O) groups is 3. The number of carboxylic acids is 1. The average Bonchev–Trinajstić information content (AvgIpc) is 2.84. The standard InChI is InChI=1S/C25H31N5O6/c1-15(2)36-25(34)30-20(23(32)33)13-16-8-9-19(14-21(16)35-3)28-22(31)17-6-4-7-18(12-17)29-24-26-10-5-11-27-24/h4,6-9,12,14-15,20H,5,10-11,13H2,1-3H3,(H,28,31)(H,30,34)(H,32,33)(H2,26,27,29)/t20-/m0/s1. The van der Waals surface area contributed by atoms with E-state index in [1.807, 2.05) is 6.07 Å². The second-order valence-corrected chi connectivity index (χ2v) is 8.39. The molecule has 5 N–H and O–H groups in total. The van der Waals surface area contributed by atoms with Crippen LogP contribution in [0.2, 0.25) is 0 Å². The van der Waals surface area contributed by atoms with E-state index >= 15 is 0 Å². The Balaban J connectivity index is 1.68. The number of hydrogen-bond donors (Lipinski definition) is 5. The third-order valence-electron chi connectivity index (χ3n) is 5.19. The zero-order valence-electron chi connectivity index (χ0n) is 20.5. The smallest absolute Gasteiger partial charge is 0.408 e. The summed E-state index contributed by atoms with van der Waals surface area (Å²) in [6.07, 6.45) is -0.256. The van der Waals surface area contributed by atoms with Crippen LogP contribution in [-0.2, 0) is 16.0 Å². The van der Waals surface area contributed by atoms with Crippen LogP contribution in [0.25, 0.3) is 0 Å². The number of anilines is 2. The number of methoxy groups -OCH3 is 1. The van der Waals surface area contributed by atoms with Gasteiger partial charge in [0, 0.05) is 42.5 Å². The van der Waals surface area contributed by atoms with Crippen molar-refractivity contribution in [1.82, 2.24) is 10.6 Å². The van der Waals surface area contributed by atoms with Crippen LogP contribution in [0.5, 0.6) is 5.75 Å². The van der Waals surface area contributed by atoms with Crippen LogP contribution in [0.4, 0.5) is 16.2 Å². The Bertz CT molecular complexity index is 1130. The van der Waals surface area contributed by atoms with Gasteiger partial charge in [0.2, 0.25) is 0 Å². The molecule has 36 heavy (non-hydrogen) atoms. The zero-order valence-corrected chi connectivity index (χ0v) is 20.5. The molecule has 11 heteroatoms. The molecule has 2 amide bonds. The SMILES string of the molecule is COc1cc(NC(=O)c2cccc(NC3=NCCCN3)c2)ccc1C[C@H](NC(=O)OC(C)C)C(=O)O. The van der Waals surface area contributed by atoms with Gasteiger partial charge in [0.1, 0.15) is 11.8 Å². The van der Waals surface area contributed by atoms with Gasteiger partial charge in [0.05, 0.1) is 13.2 Å². The van der Waals surface area contributed by atoms with Gasteiger partial charge in [-0.1, -0.05) is 12.1 Å². The van der Waals surface area contributed by atoms with Gasteiger partial charge in [-0.15, -0.1) is 0 Å². The number of nitrogens with zero attached hydrogens (tertiary/aromatic N) is 1. The number of alkyl carbamates (subject to hydrolysis) is 1. The van der Waals surface area contributed by atoms with E-state index in [-0.39, 0.29) is 18.4 Å². The van der Waals surface area contributed by atoms with Crippen molar-refractivity contribution in [3.8, 4) is 5.75 Å². The summed E-state index contributed by atoms with van der Waals surface area (Å²) in [6, 6.07) is 10.7. The number of carbonyl (C=O) groups excluding carboxylic acids is 2. The zero-order chi connectivity index (χ0) is 26.1. The molecule has 1 aliphatic rings. The van der Waals surface area contributed by atoms with Gasteiger partial charge in [-0.3, -0.25) is 9.79 Å². The molecule has 0 aliphatic carbocycles. The van der Waals surface area contributed by atoms with Crippen molar-refractivity contribution < 1.29 is 29.0 Å². The summed E-state index contributed by atoms with van der Waals surface area (Å²) < 4.78 is 10.4. The van der Waals surface area contributed by atoms with Gasteiger partial charge in [0.25, 0.3) is 5.91 Å². The molecule has 0 saturated carbocycles. The first-order chi connectivity index (χ1) is 17.2. The third kappa shape index (κ3) is 7.62. The summed E-state index contributed by atoms with van der Waals surface area (Å²) >= 11 is 0. The Hall–Kier alpha value is -4.28. The van der Waals surface area contributed by atoms with E-state index in [0.717, 1.165) is 25.2 Å². The highest BCUT2D eigenvalue weighted by atomic mass is 16.6. The number of benzene rings is 2. The van der Waals surface area contributed by atoms with Gasteiger partial charge >= 0.3 is 12.1 Å². The van der Waals surface area contributed by atoms with Crippen molar-refractivity contribution in [1.29, 1.82) is 0 Å². The molecular weight excluding hydrogens is 466 g/mol. The van der Waals surface area contributed by atoms with Crippen LogP contribution >= 0.6 is 0 Å². The minimum Gasteiger partial charge on any atom is -0.496 e. The molecule has 0 radical (unpaired) electrons. The van der Waals surface area contributed by atoms with Gasteiger partial charge in [-0.25, -0.2) is 9.59 Å². The quantitative estimate of drug-likeness (QED) is 0.355. The van der Waals surface area contributed by atoms with E-state index in [2.05, 4.69) is 26.3 Å². The van der Waals surface area contributed by atoms with E-state index < -0.39 is 18.1 Å². The topological polar surface area (TPSA) is 150 Å². The minimum atomic E-state index is -1.22. The van der Waals surface area contributed by atoms with E-state index in [9.17, 15) is 19.5 Å². The van der Waals surface area contributed by atoms with Crippen molar-refractivity contribution in [2.45, 2.75) is 38.8 Å². The van der Waals surface area contributed by atoms with Crippen molar-refractivity contribution in [3.05, 3.63) is 53.6 Å². The molecule has 0 spiro atoms. The maximum atomic E-state index is 12.9. The van der Waals surface area contributed by atoms with Crippen LogP contribution in [0, 0.1) is 0 Å². The van der Waals surface area contributed by atoms with Crippen LogP contribution in [0.3, 0.4) is 0 Å². The molecule has 0 fully saturated rings. The maximum Gasteiger partial charge on any atom is 0.408 e. The lowest BCUT2D eigenvalue weighted by molar-refractivity contribution is -0.139. The monoisotopic (exact) mass is 497 g/mol. The highest BCUT2D eigenvalue weighted by molar-refractivity contribution is 6.05. The first kappa shape index (κ1) is 26.3. The van der Waals surface area contributed by atoms with Crippen molar-refractivity contribution >= 4 is 35.3 Å². The number of aliphatic carboxylic acids is 1. The molecule has 2 aromatic rings. The molecule has 0 saturated heterocycles. The Labute approximate surface area is 209 Å². The Kier molecular flexibility index (Phi) is 9.09. The number of guanidine groups is 1. The normalized spacial score (nSPS) is 13.6. The van der Waals surface area contributed by atoms with E-state index in [1.165, 1.54) is 7.11 Å². The number of nitrogens with one attached hydrogen (secondary N) is 4. The minimum absolute atomic E-state index is 0.0361. The van der Waals surface area contributed by atoms with Crippen molar-refractivity contribution in [3.63, 3.8) is 0 Å². The molecule has 1 atom stereocenters. The first-order valence-electron chi connectivity index (χ1n) is 11.6. The lowest BCUT2D eigenvalue weighted by atomic mass is 10.0. The molecule has 11 nitrogen and oxygen atoms in total. The maximum absolute atomic E-state index is 12.9. The number of ether oxygens (including phenoxy) is 2. The molecule has 3 rings (SSSR count). The lowest BCUT2D eigenvalue weighted by Gasteiger charge is -2.18. The van der Waals surface area contributed by atoms with Gasteiger partial charge < -0.3 is 35.8 Å². The van der Waals surface area contributed by atoms with Crippen LogP contribution in [0.15, 0.2) is 47.5 Å². The lowest BCUT2D eigenvalue weighted by Crippen LogP contribution is -2.43. The predicted octanol–water partition coefficient (Wildman–Crippen LogP) is 2.84. The molecule has 0 unspecified atom stereocenters. The highest BCUT2D eigenvalue weighted by Gasteiger charge is 2.23. The summed E-state index contributed by atoms with van der Waals surface area (Å²) in [6.45, 7) is 4.93. The Morgan fingerprint density at radius 1 is 1.14 bits per heavy atom. The molecule has 1 aliphatic heterocycles. The van der Waals surface area contributed by atoms with Gasteiger partial charge in [0.15, 0.2) is 5.96 Å². The Morgan fingerprint density at radius 2 is 1.94 bits per heavy atom. The fourth-order valence-corrected chi connectivity index (χ4v) is 3.50. The van der Waals surface area contributed by atoms with Gasteiger partial charge in [-0.05, 0) is 50.1 Å². The summed E-state index contributed by atoms with van der Waals surface area (Å²) in [5.74, 6) is -0.493. The largest absolute Gasteiger partial charge is 0.496 e. The molecule has 0 aromatic heterocycles. The fraction of sp³-hybridized carbons (Fsp3) is 0.360. The molecule has 1 heterocycles. The summed E-state index contributed by atoms with van der Waals surface area (Å²) in [5.41, 5.74) is 2.18. The van der Waals surface area contributed by atoms with Crippen molar-refractivity contribution in [2.75, 3.05) is 30.8 Å². The highest BCUT2D eigenvalue weighted by Crippen LogP contribution is 2.25. The van der Waals surface area contributed by atoms with Gasteiger partial charge in [-0.2, -0.15) is 0 Å². The fourth-order valence-electron chi connectivity index (χ4n) is 3.50. The van der Waals surface area contributed by atoms with E-state index in [4.69, 9.17) is 9.47 Å². The molecule has 2 aromatic carbocycles. The number of amides is 2.